The molecule has 3 aromatic carbocycles. The fraction of sp³-hybridized carbons (Fsp3) is 0.278. The molecule has 3 atom stereocenters. The van der Waals surface area contributed by atoms with Crippen molar-refractivity contribution in [1.82, 2.24) is 34.4 Å². The van der Waals surface area contributed by atoms with Crippen LogP contribution in [0, 0.1) is 17.6 Å². The number of nitrogens with zero attached hydrogens (tertiary/aromatic N) is 6. The summed E-state index contributed by atoms with van der Waals surface area (Å²) in [4.78, 5) is 46.0. The van der Waals surface area contributed by atoms with Crippen molar-refractivity contribution in [3.05, 3.63) is 109 Å². The van der Waals surface area contributed by atoms with E-state index in [0.717, 1.165) is 23.0 Å². The number of benzene rings is 3. The first-order valence-corrected chi connectivity index (χ1v) is 19.5. The molecule has 302 valence electrons. The third-order valence-corrected chi connectivity index (χ3v) is 11.0. The Labute approximate surface area is 327 Å². The predicted molar refractivity (Wildman–Crippen MR) is 196 cm³/mol. The Morgan fingerprint density at radius 2 is 1.79 bits per heavy atom. The zero-order valence-electron chi connectivity index (χ0n) is 29.9. The molecule has 0 radical (unpaired) electrons. The van der Waals surface area contributed by atoms with Gasteiger partial charge in [-0.15, -0.1) is 0 Å². The van der Waals surface area contributed by atoms with Crippen LogP contribution in [0.15, 0.2) is 53.3 Å². The van der Waals surface area contributed by atoms with Gasteiger partial charge in [0.2, 0.25) is 15.9 Å². The van der Waals surface area contributed by atoms with E-state index in [9.17, 15) is 40.4 Å². The first kappa shape index (κ1) is 38.9. The Morgan fingerprint density at radius 1 is 1.09 bits per heavy atom. The van der Waals surface area contributed by atoms with Crippen LogP contribution in [0.2, 0.25) is 5.02 Å². The van der Waals surface area contributed by atoms with Gasteiger partial charge in [0.1, 0.15) is 35.4 Å². The summed E-state index contributed by atoms with van der Waals surface area (Å²) in [6, 6.07) is 7.42. The number of nitrogens with two attached hydrogens (primary N) is 1. The van der Waals surface area contributed by atoms with Gasteiger partial charge in [0, 0.05) is 31.0 Å². The second-order valence-electron chi connectivity index (χ2n) is 14.1. The van der Waals surface area contributed by atoms with E-state index in [0.29, 0.717) is 10.7 Å². The predicted octanol–water partition coefficient (Wildman–Crippen LogP) is 5.12. The quantitative estimate of drug-likeness (QED) is 0.150. The normalized spacial score (nSPS) is 17.4. The van der Waals surface area contributed by atoms with E-state index in [2.05, 4.69) is 25.2 Å². The lowest BCUT2D eigenvalue weighted by molar-refractivity contribution is -0.123. The summed E-state index contributed by atoms with van der Waals surface area (Å²) in [5.74, 6) is -10.4. The van der Waals surface area contributed by atoms with Crippen LogP contribution in [-0.4, -0.2) is 55.6 Å². The van der Waals surface area contributed by atoms with Crippen molar-refractivity contribution in [1.29, 1.82) is 0 Å². The number of carbonyl (C=O) groups excluding carboxylic acids is 2. The minimum atomic E-state index is -3.93. The summed E-state index contributed by atoms with van der Waals surface area (Å²) in [5, 5.41) is 10.3. The molecule has 3 heterocycles. The zero-order chi connectivity index (χ0) is 41.7. The molecule has 58 heavy (non-hydrogen) atoms. The topological polar surface area (TPSA) is 189 Å². The molecule has 0 bridgehead atoms. The highest BCUT2D eigenvalue weighted by Crippen LogP contribution is 2.68. The molecule has 2 aliphatic carbocycles. The number of sulfonamides is 1. The van der Waals surface area contributed by atoms with Gasteiger partial charge in [-0.25, -0.2) is 31.0 Å². The number of nitrogens with one attached hydrogen (secondary N) is 2. The van der Waals surface area contributed by atoms with E-state index in [1.807, 2.05) is 0 Å². The molecular weight excluding hydrogens is 820 g/mol. The lowest BCUT2D eigenvalue weighted by Crippen LogP contribution is -2.38. The van der Waals surface area contributed by atoms with E-state index in [1.165, 1.54) is 42.1 Å². The molecule has 22 heteroatoms. The number of carbonyl (C=O) groups is 2. The smallest absolute Gasteiger partial charge is 0.293 e. The minimum Gasteiger partial charge on any atom is -0.366 e. The van der Waals surface area contributed by atoms with Crippen LogP contribution in [0.3, 0.4) is 0 Å². The molecule has 0 saturated heterocycles. The molecule has 1 saturated carbocycles. The van der Waals surface area contributed by atoms with Gasteiger partial charge < -0.3 is 11.1 Å². The summed E-state index contributed by atoms with van der Waals surface area (Å²) < 4.78 is 118. The Hall–Kier alpha value is -5.96. The number of alkyl halides is 4. The lowest BCUT2D eigenvalue weighted by Gasteiger charge is -2.24. The summed E-state index contributed by atoms with van der Waals surface area (Å²) in [7, 11) is -2.52. The molecular formula is C36H28ClF6N9O5S. The van der Waals surface area contributed by atoms with Gasteiger partial charge in [-0.2, -0.15) is 19.0 Å². The van der Waals surface area contributed by atoms with Crippen LogP contribution in [0.4, 0.5) is 32.2 Å². The van der Waals surface area contributed by atoms with E-state index in [-0.39, 0.29) is 61.4 Å². The van der Waals surface area contributed by atoms with Crippen molar-refractivity contribution in [3.8, 4) is 5.69 Å². The average Bonchev–Trinajstić information content (AvgIpc) is 3.66. The molecule has 0 spiro atoms. The van der Waals surface area contributed by atoms with Crippen molar-refractivity contribution in [2.45, 2.75) is 43.7 Å². The maximum atomic E-state index is 15.4. The largest absolute Gasteiger partial charge is 0.366 e. The third-order valence-electron chi connectivity index (χ3n) is 10.1. The van der Waals surface area contributed by atoms with Gasteiger partial charge in [-0.1, -0.05) is 17.7 Å². The highest BCUT2D eigenvalue weighted by Gasteiger charge is 2.67. The molecule has 0 aliphatic heterocycles. The van der Waals surface area contributed by atoms with Gasteiger partial charge >= 0.3 is 0 Å². The second-order valence-corrected chi connectivity index (χ2v) is 16.2. The monoisotopic (exact) mass is 847 g/mol. The first-order chi connectivity index (χ1) is 27.2. The van der Waals surface area contributed by atoms with E-state index >= 15 is 8.78 Å². The Bertz CT molecular complexity index is 2910. The van der Waals surface area contributed by atoms with Crippen LogP contribution < -0.4 is 21.3 Å². The minimum absolute atomic E-state index is 0.0122. The van der Waals surface area contributed by atoms with Gasteiger partial charge in [-0.3, -0.25) is 33.0 Å². The van der Waals surface area contributed by atoms with Gasteiger partial charge in [0.15, 0.2) is 5.82 Å². The van der Waals surface area contributed by atoms with E-state index < -0.39 is 99.4 Å². The van der Waals surface area contributed by atoms with Gasteiger partial charge in [-0.05, 0) is 54.3 Å². The Balaban J connectivity index is 1.35. The summed E-state index contributed by atoms with van der Waals surface area (Å²) in [5.41, 5.74) is 2.13. The Kier molecular flexibility index (Phi) is 9.10. The second kappa shape index (κ2) is 13.6. The van der Waals surface area contributed by atoms with Gasteiger partial charge in [0.05, 0.1) is 50.4 Å². The SMILES string of the molecule is Cn1nc(NS(C)(=O)=O)c2c(Cl)ccc(-n3c([C@H](Cc4cc(F)cc(F)c4)NC(=O)Cn4nc(C(F)F)c5c4C(F)(F)[C@@H]4C[C@H]54)nc4c(C(N)=O)cccc4c3=O)c21. The fourth-order valence-electron chi connectivity index (χ4n) is 7.80. The third kappa shape index (κ3) is 6.50. The molecule has 2 amide bonds. The fourth-order valence-corrected chi connectivity index (χ4v) is 8.54. The Morgan fingerprint density at radius 3 is 2.45 bits per heavy atom. The highest BCUT2D eigenvalue weighted by molar-refractivity contribution is 7.92. The lowest BCUT2D eigenvalue weighted by atomic mass is 10.0. The zero-order valence-corrected chi connectivity index (χ0v) is 31.5. The van der Waals surface area contributed by atoms with Crippen molar-refractivity contribution in [2.75, 3.05) is 11.0 Å². The number of hydrogen-bond acceptors (Lipinski definition) is 8. The number of aryl methyl sites for hydroxylation is 1. The van der Waals surface area contributed by atoms with Crippen LogP contribution in [-0.2, 0) is 40.8 Å². The number of amides is 2. The number of rotatable bonds is 11. The summed E-state index contributed by atoms with van der Waals surface area (Å²) in [6.07, 6.45) is -2.92. The maximum absolute atomic E-state index is 15.4. The van der Waals surface area contributed by atoms with Crippen LogP contribution in [0.1, 0.15) is 63.5 Å². The number of fused-ring (bicyclic) bond motifs is 5. The van der Waals surface area contributed by atoms with E-state index in [1.54, 1.807) is 0 Å². The number of hydrogen-bond donors (Lipinski definition) is 3. The number of aromatic nitrogens is 6. The highest BCUT2D eigenvalue weighted by atomic mass is 35.5. The average molecular weight is 848 g/mol. The van der Waals surface area contributed by atoms with Crippen molar-refractivity contribution >= 4 is 61.1 Å². The maximum Gasteiger partial charge on any atom is 0.293 e. The molecule has 14 nitrogen and oxygen atoms in total. The molecule has 2 aliphatic rings. The van der Waals surface area contributed by atoms with Gasteiger partial charge in [0.25, 0.3) is 23.8 Å². The van der Waals surface area contributed by atoms with Crippen LogP contribution in [0.25, 0.3) is 27.5 Å². The number of para-hydroxylation sites is 1. The molecule has 0 unspecified atom stereocenters. The van der Waals surface area contributed by atoms with Crippen molar-refractivity contribution < 1.29 is 44.3 Å². The number of primary amides is 1. The molecule has 3 aromatic heterocycles. The molecule has 1 fully saturated rings. The molecule has 8 rings (SSSR count). The summed E-state index contributed by atoms with van der Waals surface area (Å²) >= 11 is 6.55. The first-order valence-electron chi connectivity index (χ1n) is 17.2. The van der Waals surface area contributed by atoms with Crippen molar-refractivity contribution in [2.24, 2.45) is 18.7 Å². The number of halogens is 7. The van der Waals surface area contributed by atoms with Crippen LogP contribution in [0.5, 0.6) is 0 Å². The van der Waals surface area contributed by atoms with E-state index in [4.69, 9.17) is 17.3 Å². The molecule has 6 aromatic rings. The standard InChI is InChI=1S/C36H28ClF6N9O5S/c1-50-29-23(7-6-21(37)26(29)33(48-50)49-58(2,56)57)52-34(46-27-17(32(44)54)4-3-5-18(27)35(52)55)22(10-14-8-15(38)11-16(39)9-14)45-24(53)13-51-30-25(28(47-51)31(40)41)19-12-20(19)36(30,42)43/h3-9,11,19-20,22,31H,10,12-13H2,1-2H3,(H2,44,54)(H,45,53)(H,48,49)/t19-,20+,22-/m0/s1. The molecule has 4 N–H and O–H groups in total. The summed E-state index contributed by atoms with van der Waals surface area (Å²) in [6.45, 7) is -1.03. The number of anilines is 1. The van der Waals surface area contributed by atoms with Crippen molar-refractivity contribution in [3.63, 3.8) is 0 Å². The van der Waals surface area contributed by atoms with Crippen LogP contribution >= 0.6 is 11.6 Å².